The number of aromatic amines is 1. The van der Waals surface area contributed by atoms with Gasteiger partial charge in [0.2, 0.25) is 0 Å². The lowest BCUT2D eigenvalue weighted by Crippen LogP contribution is -2.32. The number of carbonyl (C=O) groups is 1. The third-order valence-electron chi connectivity index (χ3n) is 5.17. The number of hydrogen-bond donors (Lipinski definition) is 2. The Bertz CT molecular complexity index is 952. The molecule has 2 heterocycles. The van der Waals surface area contributed by atoms with E-state index in [-0.39, 0.29) is 11.9 Å². The number of fused-ring (bicyclic) bond motifs is 2. The first-order chi connectivity index (χ1) is 12.5. The molecule has 4 rings (SSSR count). The molecule has 0 aliphatic heterocycles. The summed E-state index contributed by atoms with van der Waals surface area (Å²) >= 11 is 0. The quantitative estimate of drug-likeness (QED) is 0.740. The number of aromatic nitrogens is 4. The number of amides is 1. The van der Waals surface area contributed by atoms with E-state index < -0.39 is 0 Å². The van der Waals surface area contributed by atoms with Crippen LogP contribution in [0.3, 0.4) is 0 Å². The smallest absolute Gasteiger partial charge is 0.272 e. The number of hydrogen-bond acceptors (Lipinski definition) is 3. The first-order valence-electron chi connectivity index (χ1n) is 9.33. The van der Waals surface area contributed by atoms with Crippen LogP contribution in [0.2, 0.25) is 0 Å². The monoisotopic (exact) mass is 351 g/mol. The van der Waals surface area contributed by atoms with Gasteiger partial charge in [0.1, 0.15) is 5.82 Å². The summed E-state index contributed by atoms with van der Waals surface area (Å²) in [7, 11) is 2.01. The number of rotatable bonds is 5. The second-order valence-corrected chi connectivity index (χ2v) is 7.56. The fourth-order valence-corrected chi connectivity index (χ4v) is 3.91. The third kappa shape index (κ3) is 2.89. The Balaban J connectivity index is 1.66. The zero-order valence-electron chi connectivity index (χ0n) is 15.5. The Morgan fingerprint density at radius 1 is 1.31 bits per heavy atom. The van der Waals surface area contributed by atoms with Crippen molar-refractivity contribution in [1.29, 1.82) is 0 Å². The molecular weight excluding hydrogens is 326 g/mol. The normalized spacial score (nSPS) is 14.8. The average molecular weight is 351 g/mol. The maximum absolute atomic E-state index is 12.9. The van der Waals surface area contributed by atoms with Crippen molar-refractivity contribution in [2.45, 2.75) is 45.6 Å². The maximum Gasteiger partial charge on any atom is 0.272 e. The third-order valence-corrected chi connectivity index (χ3v) is 5.17. The lowest BCUT2D eigenvalue weighted by molar-refractivity contribution is 0.0923. The Morgan fingerprint density at radius 2 is 2.12 bits per heavy atom. The number of benzene rings is 1. The summed E-state index contributed by atoms with van der Waals surface area (Å²) in [5.74, 6) is 1.22. The number of carbonyl (C=O) groups excluding carboxylic acids is 1. The fourth-order valence-electron chi connectivity index (χ4n) is 3.91. The molecule has 1 aliphatic rings. The van der Waals surface area contributed by atoms with Gasteiger partial charge < -0.3 is 9.88 Å². The first kappa shape index (κ1) is 16.8. The van der Waals surface area contributed by atoms with E-state index in [1.165, 1.54) is 0 Å². The van der Waals surface area contributed by atoms with Gasteiger partial charge in [0.25, 0.3) is 5.91 Å². The van der Waals surface area contributed by atoms with Crippen LogP contribution in [-0.4, -0.2) is 25.7 Å². The van der Waals surface area contributed by atoms with Crippen LogP contribution >= 0.6 is 0 Å². The minimum absolute atomic E-state index is 0.109. The number of imidazole rings is 1. The van der Waals surface area contributed by atoms with Gasteiger partial charge in [0, 0.05) is 18.3 Å². The van der Waals surface area contributed by atoms with Crippen molar-refractivity contribution in [3.8, 4) is 0 Å². The molecule has 0 bridgehead atoms. The van der Waals surface area contributed by atoms with Gasteiger partial charge in [0.05, 0.1) is 17.1 Å². The van der Waals surface area contributed by atoms with Gasteiger partial charge in [-0.25, -0.2) is 4.98 Å². The zero-order valence-corrected chi connectivity index (χ0v) is 15.5. The van der Waals surface area contributed by atoms with E-state index in [0.29, 0.717) is 11.6 Å². The lowest BCUT2D eigenvalue weighted by Gasteiger charge is -2.20. The van der Waals surface area contributed by atoms with Gasteiger partial charge in [-0.05, 0) is 43.7 Å². The number of aryl methyl sites for hydroxylation is 2. The van der Waals surface area contributed by atoms with Crippen molar-refractivity contribution < 1.29 is 4.79 Å². The fraction of sp³-hybridized carbons (Fsp3) is 0.450. The number of nitrogens with zero attached hydrogens (tertiary/aromatic N) is 3. The average Bonchev–Trinajstić information content (AvgIpc) is 3.28. The van der Waals surface area contributed by atoms with E-state index in [1.807, 2.05) is 25.2 Å². The molecule has 2 N–H and O–H groups in total. The zero-order chi connectivity index (χ0) is 18.3. The molecule has 0 radical (unpaired) electrons. The SMILES string of the molecule is CC(C)C[C@@H](NC(=O)c1n[nH]c2c1CCC2)c1nc2ccccc2n1C. The van der Waals surface area contributed by atoms with E-state index in [0.717, 1.165) is 53.8 Å². The predicted octanol–water partition coefficient (Wildman–Crippen LogP) is 3.30. The van der Waals surface area contributed by atoms with E-state index in [2.05, 4.69) is 40.0 Å². The molecule has 0 spiro atoms. The first-order valence-corrected chi connectivity index (χ1v) is 9.33. The van der Waals surface area contributed by atoms with E-state index in [1.54, 1.807) is 0 Å². The van der Waals surface area contributed by atoms with Crippen LogP contribution in [0.15, 0.2) is 24.3 Å². The largest absolute Gasteiger partial charge is 0.341 e. The molecule has 3 aromatic rings. The highest BCUT2D eigenvalue weighted by atomic mass is 16.2. The molecule has 6 nitrogen and oxygen atoms in total. The minimum Gasteiger partial charge on any atom is -0.341 e. The Morgan fingerprint density at radius 3 is 2.88 bits per heavy atom. The standard InChI is InChI=1S/C20H25N5O/c1-12(2)11-16(19-21-15-8-4-5-10-17(15)25(19)3)22-20(26)18-13-7-6-9-14(13)23-24-18/h4-5,8,10,12,16H,6-7,9,11H2,1-3H3,(H,22,26)(H,23,24)/t16-/m1/s1. The minimum atomic E-state index is -0.145. The van der Waals surface area contributed by atoms with E-state index in [4.69, 9.17) is 4.98 Å². The Labute approximate surface area is 153 Å². The molecule has 0 saturated heterocycles. The van der Waals surface area contributed by atoms with Gasteiger partial charge in [-0.1, -0.05) is 26.0 Å². The number of para-hydroxylation sites is 2. The molecule has 2 aromatic heterocycles. The number of nitrogens with one attached hydrogen (secondary N) is 2. The molecule has 0 unspecified atom stereocenters. The van der Waals surface area contributed by atoms with Crippen LogP contribution in [0.25, 0.3) is 11.0 Å². The topological polar surface area (TPSA) is 75.6 Å². The summed E-state index contributed by atoms with van der Waals surface area (Å²) in [6.45, 7) is 4.32. The van der Waals surface area contributed by atoms with Crippen LogP contribution in [0.5, 0.6) is 0 Å². The molecule has 1 aromatic carbocycles. The maximum atomic E-state index is 12.9. The summed E-state index contributed by atoms with van der Waals surface area (Å²) in [5, 5.41) is 10.5. The molecule has 26 heavy (non-hydrogen) atoms. The van der Waals surface area contributed by atoms with Gasteiger partial charge in [-0.2, -0.15) is 5.10 Å². The van der Waals surface area contributed by atoms with Crippen LogP contribution < -0.4 is 5.32 Å². The summed E-state index contributed by atoms with van der Waals surface area (Å²) in [5.41, 5.74) is 4.76. The van der Waals surface area contributed by atoms with E-state index in [9.17, 15) is 4.79 Å². The summed E-state index contributed by atoms with van der Waals surface area (Å²) in [4.78, 5) is 17.7. The van der Waals surface area contributed by atoms with Gasteiger partial charge in [-0.3, -0.25) is 9.89 Å². The van der Waals surface area contributed by atoms with Gasteiger partial charge in [0.15, 0.2) is 5.69 Å². The summed E-state index contributed by atoms with van der Waals surface area (Å²) in [6, 6.07) is 7.92. The van der Waals surface area contributed by atoms with Crippen molar-refractivity contribution in [2.24, 2.45) is 13.0 Å². The van der Waals surface area contributed by atoms with Crippen LogP contribution in [0.4, 0.5) is 0 Å². The molecule has 6 heteroatoms. The van der Waals surface area contributed by atoms with Crippen LogP contribution in [0.1, 0.15) is 60.3 Å². The highest BCUT2D eigenvalue weighted by Gasteiger charge is 2.27. The lowest BCUT2D eigenvalue weighted by atomic mass is 10.0. The second kappa shape index (κ2) is 6.59. The molecule has 0 fully saturated rings. The van der Waals surface area contributed by atoms with Crippen molar-refractivity contribution in [3.63, 3.8) is 0 Å². The second-order valence-electron chi connectivity index (χ2n) is 7.56. The van der Waals surface area contributed by atoms with Gasteiger partial charge >= 0.3 is 0 Å². The highest BCUT2D eigenvalue weighted by Crippen LogP contribution is 2.26. The van der Waals surface area contributed by atoms with Crippen molar-refractivity contribution in [3.05, 3.63) is 47.0 Å². The van der Waals surface area contributed by atoms with E-state index >= 15 is 0 Å². The molecule has 0 saturated carbocycles. The van der Waals surface area contributed by atoms with Crippen LogP contribution in [-0.2, 0) is 19.9 Å². The predicted molar refractivity (Wildman–Crippen MR) is 101 cm³/mol. The number of H-pyrrole nitrogens is 1. The highest BCUT2D eigenvalue weighted by molar-refractivity contribution is 5.94. The molecule has 1 amide bonds. The van der Waals surface area contributed by atoms with Crippen molar-refractivity contribution >= 4 is 16.9 Å². The Kier molecular flexibility index (Phi) is 4.26. The van der Waals surface area contributed by atoms with Crippen molar-refractivity contribution in [2.75, 3.05) is 0 Å². The molecule has 136 valence electrons. The molecular formula is C20H25N5O. The Hall–Kier alpha value is -2.63. The molecule has 1 aliphatic carbocycles. The molecule has 1 atom stereocenters. The van der Waals surface area contributed by atoms with Gasteiger partial charge in [-0.15, -0.1) is 0 Å². The summed E-state index contributed by atoms with van der Waals surface area (Å²) in [6.07, 6.45) is 3.82. The summed E-state index contributed by atoms with van der Waals surface area (Å²) < 4.78 is 2.08. The van der Waals surface area contributed by atoms with Crippen LogP contribution in [0, 0.1) is 5.92 Å². The van der Waals surface area contributed by atoms with Crippen molar-refractivity contribution in [1.82, 2.24) is 25.1 Å².